The molecule has 1 unspecified atom stereocenters. The second-order valence-electron chi connectivity index (χ2n) is 8.03. The summed E-state index contributed by atoms with van der Waals surface area (Å²) in [7, 11) is 0. The zero-order valence-electron chi connectivity index (χ0n) is 15.1. The van der Waals surface area contributed by atoms with Crippen molar-refractivity contribution < 1.29 is 9.90 Å². The number of carbonyl (C=O) groups excluding carboxylic acids is 1. The van der Waals surface area contributed by atoms with Crippen molar-refractivity contribution in [2.24, 2.45) is 17.8 Å². The topological polar surface area (TPSA) is 74.5 Å². The average Bonchev–Trinajstić information content (AvgIpc) is 3.01. The van der Waals surface area contributed by atoms with Crippen molar-refractivity contribution in [3.05, 3.63) is 18.0 Å². The highest BCUT2D eigenvalue weighted by molar-refractivity contribution is 5.73. The van der Waals surface area contributed by atoms with Crippen molar-refractivity contribution >= 4 is 11.9 Å². The van der Waals surface area contributed by atoms with Crippen LogP contribution in [0.3, 0.4) is 0 Å². The molecule has 3 atom stereocenters. The van der Waals surface area contributed by atoms with Crippen LogP contribution in [0.2, 0.25) is 0 Å². The van der Waals surface area contributed by atoms with Gasteiger partial charge in [0.05, 0.1) is 0 Å². The molecule has 1 aliphatic carbocycles. The summed E-state index contributed by atoms with van der Waals surface area (Å²) >= 11 is 0. The van der Waals surface area contributed by atoms with Crippen LogP contribution < -0.4 is 4.90 Å². The van der Waals surface area contributed by atoms with E-state index in [1.165, 1.54) is 0 Å². The van der Waals surface area contributed by atoms with Crippen molar-refractivity contribution in [1.29, 1.82) is 0 Å². The van der Waals surface area contributed by atoms with Crippen LogP contribution in [0.15, 0.2) is 12.2 Å². The highest BCUT2D eigenvalue weighted by Gasteiger charge is 2.43. The summed E-state index contributed by atoms with van der Waals surface area (Å²) in [5, 5.41) is 19.3. The third-order valence-electron chi connectivity index (χ3n) is 5.74. The summed E-state index contributed by atoms with van der Waals surface area (Å²) in [5.41, 5.74) is 1.02. The lowest BCUT2D eigenvalue weighted by Crippen LogP contribution is -2.33. The Bertz CT molecular complexity index is 682. The summed E-state index contributed by atoms with van der Waals surface area (Å²) in [5.74, 6) is 2.99. The molecule has 25 heavy (non-hydrogen) atoms. The lowest BCUT2D eigenvalue weighted by atomic mass is 10.0. The van der Waals surface area contributed by atoms with Crippen molar-refractivity contribution in [3.63, 3.8) is 0 Å². The molecule has 1 aromatic heterocycles. The maximum atomic E-state index is 11.6. The first-order valence-corrected chi connectivity index (χ1v) is 9.20. The van der Waals surface area contributed by atoms with Gasteiger partial charge >= 0.3 is 0 Å². The molecule has 0 spiro atoms. The molecule has 2 saturated heterocycles. The number of hydrogen-bond acceptors (Lipinski definition) is 5. The molecule has 2 aliphatic heterocycles. The molecule has 1 saturated carbocycles. The van der Waals surface area contributed by atoms with Crippen molar-refractivity contribution in [2.45, 2.75) is 39.3 Å². The fraction of sp³-hybridized carbons (Fsp3) is 0.722. The van der Waals surface area contributed by atoms with Crippen LogP contribution in [0.5, 0.6) is 0 Å². The fourth-order valence-electron chi connectivity index (χ4n) is 4.22. The highest BCUT2D eigenvalue weighted by Crippen LogP contribution is 2.41. The SMILES string of the molecule is C=C(C)Cn1c(C(O)C2CC2)nnc1N1C[C@H]2CN(C(C)=O)C[C@H]2C1. The molecule has 1 N–H and O–H groups in total. The zero-order chi connectivity index (χ0) is 17.7. The molecular formula is C18H27N5O2. The van der Waals surface area contributed by atoms with Gasteiger partial charge in [0.2, 0.25) is 11.9 Å². The first-order chi connectivity index (χ1) is 11.9. The molecule has 0 bridgehead atoms. The minimum Gasteiger partial charge on any atom is -0.385 e. The van der Waals surface area contributed by atoms with Gasteiger partial charge in [0.15, 0.2) is 5.82 Å². The van der Waals surface area contributed by atoms with Gasteiger partial charge in [-0.05, 0) is 25.7 Å². The van der Waals surface area contributed by atoms with Gasteiger partial charge in [-0.25, -0.2) is 0 Å². The van der Waals surface area contributed by atoms with E-state index in [0.717, 1.165) is 50.5 Å². The number of aromatic nitrogens is 3. The van der Waals surface area contributed by atoms with E-state index in [1.54, 1.807) is 6.92 Å². The molecule has 3 fully saturated rings. The lowest BCUT2D eigenvalue weighted by Gasteiger charge is -2.23. The smallest absolute Gasteiger partial charge is 0.227 e. The number of nitrogens with zero attached hydrogens (tertiary/aromatic N) is 5. The van der Waals surface area contributed by atoms with Gasteiger partial charge in [0.25, 0.3) is 0 Å². The molecule has 0 radical (unpaired) electrons. The Hall–Kier alpha value is -1.89. The third kappa shape index (κ3) is 3.05. The van der Waals surface area contributed by atoms with Crippen molar-refractivity contribution in [2.75, 3.05) is 31.1 Å². The van der Waals surface area contributed by atoms with Gasteiger partial charge in [0, 0.05) is 51.5 Å². The predicted molar refractivity (Wildman–Crippen MR) is 94.0 cm³/mol. The van der Waals surface area contributed by atoms with E-state index in [-0.39, 0.29) is 5.91 Å². The van der Waals surface area contributed by atoms with Crippen LogP contribution in [0.4, 0.5) is 5.95 Å². The van der Waals surface area contributed by atoms with Crippen LogP contribution >= 0.6 is 0 Å². The Kier molecular flexibility index (Phi) is 4.06. The van der Waals surface area contributed by atoms with Crippen LogP contribution in [0.1, 0.15) is 38.6 Å². The van der Waals surface area contributed by atoms with E-state index >= 15 is 0 Å². The first-order valence-electron chi connectivity index (χ1n) is 9.20. The number of anilines is 1. The molecule has 7 nitrogen and oxygen atoms in total. The monoisotopic (exact) mass is 345 g/mol. The number of fused-ring (bicyclic) bond motifs is 1. The maximum Gasteiger partial charge on any atom is 0.227 e. The number of hydrogen-bond donors (Lipinski definition) is 1. The first kappa shape index (κ1) is 16.6. The normalized spacial score (nSPS) is 26.8. The van der Waals surface area contributed by atoms with Gasteiger partial charge in [0.1, 0.15) is 6.10 Å². The average molecular weight is 345 g/mol. The molecule has 3 aliphatic rings. The molecule has 4 rings (SSSR count). The van der Waals surface area contributed by atoms with Crippen molar-refractivity contribution in [3.8, 4) is 0 Å². The van der Waals surface area contributed by atoms with Gasteiger partial charge < -0.3 is 14.9 Å². The Morgan fingerprint density at radius 2 is 1.84 bits per heavy atom. The van der Waals surface area contributed by atoms with Crippen LogP contribution in [-0.2, 0) is 11.3 Å². The minimum atomic E-state index is -0.532. The summed E-state index contributed by atoms with van der Waals surface area (Å²) in [4.78, 5) is 15.8. The second-order valence-corrected chi connectivity index (χ2v) is 8.03. The van der Waals surface area contributed by atoms with E-state index in [4.69, 9.17) is 0 Å². The number of amides is 1. The molecular weight excluding hydrogens is 318 g/mol. The van der Waals surface area contributed by atoms with Gasteiger partial charge in [-0.2, -0.15) is 0 Å². The predicted octanol–water partition coefficient (Wildman–Crippen LogP) is 1.21. The van der Waals surface area contributed by atoms with E-state index in [9.17, 15) is 9.90 Å². The number of aliphatic hydroxyl groups is 1. The Morgan fingerprint density at radius 3 is 2.36 bits per heavy atom. The second kappa shape index (κ2) is 6.12. The van der Waals surface area contributed by atoms with E-state index in [2.05, 4.69) is 21.7 Å². The summed E-state index contributed by atoms with van der Waals surface area (Å²) in [6.45, 7) is 11.7. The number of rotatable bonds is 5. The zero-order valence-corrected chi connectivity index (χ0v) is 15.1. The van der Waals surface area contributed by atoms with Crippen molar-refractivity contribution in [1.82, 2.24) is 19.7 Å². The minimum absolute atomic E-state index is 0.168. The van der Waals surface area contributed by atoms with E-state index in [1.807, 2.05) is 16.4 Å². The standard InChI is InChI=1S/C18H27N5O2/c1-11(2)6-23-17(16(25)13-4-5-13)19-20-18(23)22-9-14-7-21(12(3)24)8-15(14)10-22/h13-16,25H,1,4-10H2,2-3H3/t14-,15+,16?. The number of likely N-dealkylation sites (tertiary alicyclic amines) is 1. The Balaban J connectivity index is 1.55. The third-order valence-corrected chi connectivity index (χ3v) is 5.74. The molecule has 7 heteroatoms. The summed E-state index contributed by atoms with van der Waals surface area (Å²) in [6, 6.07) is 0. The quantitative estimate of drug-likeness (QED) is 0.812. The van der Waals surface area contributed by atoms with Crippen LogP contribution in [0.25, 0.3) is 0 Å². The molecule has 136 valence electrons. The number of aliphatic hydroxyl groups excluding tert-OH is 1. The highest BCUT2D eigenvalue weighted by atomic mass is 16.3. The Morgan fingerprint density at radius 1 is 1.20 bits per heavy atom. The summed E-state index contributed by atoms with van der Waals surface area (Å²) < 4.78 is 2.04. The van der Waals surface area contributed by atoms with Crippen LogP contribution in [-0.4, -0.2) is 56.9 Å². The van der Waals surface area contributed by atoms with Gasteiger partial charge in [-0.1, -0.05) is 12.2 Å². The largest absolute Gasteiger partial charge is 0.385 e. The lowest BCUT2D eigenvalue weighted by molar-refractivity contribution is -0.128. The number of allylic oxidation sites excluding steroid dienone is 1. The van der Waals surface area contributed by atoms with Crippen LogP contribution in [0, 0.1) is 17.8 Å². The fourth-order valence-corrected chi connectivity index (χ4v) is 4.22. The molecule has 1 aromatic rings. The molecule has 0 aromatic carbocycles. The Labute approximate surface area is 148 Å². The maximum absolute atomic E-state index is 11.6. The molecule has 1 amide bonds. The van der Waals surface area contributed by atoms with Gasteiger partial charge in [-0.15, -0.1) is 10.2 Å². The molecule has 3 heterocycles. The van der Waals surface area contributed by atoms with E-state index < -0.39 is 6.10 Å². The number of carbonyl (C=O) groups is 1. The van der Waals surface area contributed by atoms with E-state index in [0.29, 0.717) is 30.1 Å². The van der Waals surface area contributed by atoms with Gasteiger partial charge in [-0.3, -0.25) is 9.36 Å². The summed E-state index contributed by atoms with van der Waals surface area (Å²) in [6.07, 6.45) is 1.59.